The van der Waals surface area contributed by atoms with Crippen LogP contribution < -0.4 is 10.6 Å². The molecule has 39 heavy (non-hydrogen) atoms. The number of aryl methyl sites for hydroxylation is 1. The maximum Gasteiger partial charge on any atom is 0.0696 e. The van der Waals surface area contributed by atoms with Gasteiger partial charge in [-0.05, 0) is 75.3 Å². The second kappa shape index (κ2) is 13.2. The molecule has 3 N–H and O–H groups in total. The van der Waals surface area contributed by atoms with Gasteiger partial charge in [-0.3, -0.25) is 0 Å². The Hall–Kier alpha value is -3.24. The van der Waals surface area contributed by atoms with Crippen LogP contribution in [-0.2, 0) is 24.7 Å². The summed E-state index contributed by atoms with van der Waals surface area (Å²) in [6, 6.07) is 10.7. The Morgan fingerprint density at radius 2 is 1.90 bits per heavy atom. The van der Waals surface area contributed by atoms with Gasteiger partial charge in [-0.25, -0.2) is 0 Å². The summed E-state index contributed by atoms with van der Waals surface area (Å²) in [6.45, 7) is 16.1. The predicted molar refractivity (Wildman–Crippen MR) is 167 cm³/mol. The molecule has 208 valence electrons. The van der Waals surface area contributed by atoms with E-state index in [1.807, 2.05) is 13.1 Å². The number of likely N-dealkylation sites (N-methyl/N-ethyl adjacent to an activating group) is 2. The van der Waals surface area contributed by atoms with E-state index in [0.717, 1.165) is 42.9 Å². The second-order valence-electron chi connectivity index (χ2n) is 11.4. The molecule has 1 saturated carbocycles. The molecule has 0 bridgehead atoms. The van der Waals surface area contributed by atoms with Gasteiger partial charge >= 0.3 is 0 Å². The minimum atomic E-state index is 0.0169. The number of allylic oxidation sites excluding steroid dienone is 4. The lowest BCUT2D eigenvalue weighted by molar-refractivity contribution is 0.427. The van der Waals surface area contributed by atoms with E-state index < -0.39 is 0 Å². The number of nitrogens with one attached hydrogen (secondary N) is 3. The van der Waals surface area contributed by atoms with Gasteiger partial charge in [0.1, 0.15) is 0 Å². The van der Waals surface area contributed by atoms with E-state index in [1.54, 1.807) is 5.56 Å². The molecule has 1 atom stereocenters. The van der Waals surface area contributed by atoms with Crippen LogP contribution in [0.3, 0.4) is 0 Å². The third-order valence-electron chi connectivity index (χ3n) is 8.75. The first-order valence-electron chi connectivity index (χ1n) is 14.6. The van der Waals surface area contributed by atoms with Gasteiger partial charge in [-0.15, -0.1) is 6.58 Å². The number of benzene rings is 1. The van der Waals surface area contributed by atoms with Crippen molar-refractivity contribution in [2.45, 2.75) is 76.2 Å². The van der Waals surface area contributed by atoms with Crippen LogP contribution in [0.5, 0.6) is 0 Å². The fraction of sp³-hybridized carbons (Fsp3) is 0.429. The van der Waals surface area contributed by atoms with Gasteiger partial charge in [0.2, 0.25) is 0 Å². The molecule has 1 heterocycles. The molecule has 1 aromatic carbocycles. The van der Waals surface area contributed by atoms with E-state index in [2.05, 4.69) is 103 Å². The summed E-state index contributed by atoms with van der Waals surface area (Å²) in [5, 5.41) is 6.99. The van der Waals surface area contributed by atoms with Crippen LogP contribution in [0, 0.1) is 6.92 Å². The lowest BCUT2D eigenvalue weighted by atomic mass is 9.84. The highest BCUT2D eigenvalue weighted by Crippen LogP contribution is 2.51. The number of fused-ring (bicyclic) bond motifs is 2. The molecule has 0 amide bonds. The minimum Gasteiger partial charge on any atom is -0.380 e. The zero-order chi connectivity index (χ0) is 27.8. The van der Waals surface area contributed by atoms with Crippen molar-refractivity contribution in [3.63, 3.8) is 0 Å². The molecule has 0 radical (unpaired) electrons. The number of hydrogen-bond donors (Lipinski definition) is 3. The van der Waals surface area contributed by atoms with E-state index in [4.69, 9.17) is 0 Å². The molecule has 2 aromatic rings. The average molecular weight is 525 g/mol. The fourth-order valence-electron chi connectivity index (χ4n) is 6.56. The zero-order valence-corrected chi connectivity index (χ0v) is 24.4. The van der Waals surface area contributed by atoms with E-state index >= 15 is 0 Å². The van der Waals surface area contributed by atoms with Crippen LogP contribution in [0.1, 0.15) is 66.6 Å². The first-order chi connectivity index (χ1) is 18.9. The smallest absolute Gasteiger partial charge is 0.0696 e. The SMILES string of the molecule is C=CC/C=C(\C=C/CNC)N(C)C(=C)C(Cc1ccccc1)NC(=C)Cc1c(C)[nH]c2c1CCC21CCCC1. The molecule has 0 saturated heterocycles. The van der Waals surface area contributed by atoms with Crippen LogP contribution >= 0.6 is 0 Å². The third kappa shape index (κ3) is 6.67. The van der Waals surface area contributed by atoms with Gasteiger partial charge in [0.05, 0.1) is 6.04 Å². The summed E-state index contributed by atoms with van der Waals surface area (Å²) < 4.78 is 0. The monoisotopic (exact) mass is 524 g/mol. The average Bonchev–Trinajstić information content (AvgIpc) is 3.64. The van der Waals surface area contributed by atoms with Crippen molar-refractivity contribution < 1.29 is 0 Å². The highest BCUT2D eigenvalue weighted by molar-refractivity contribution is 5.46. The van der Waals surface area contributed by atoms with Gasteiger partial charge in [0, 0.05) is 53.9 Å². The Balaban J connectivity index is 1.54. The molecular formula is C35H48N4. The zero-order valence-electron chi connectivity index (χ0n) is 24.4. The summed E-state index contributed by atoms with van der Waals surface area (Å²) >= 11 is 0. The first kappa shape index (κ1) is 28.8. The molecule has 1 fully saturated rings. The standard InChI is InChI=1S/C35H48N4/c1-7-8-17-30(18-14-23-36-5)39(6)28(4)33(25-29-15-10-9-11-16-29)37-26(2)24-32-27(3)38-34-31(32)19-22-35(34)20-12-13-21-35/h7,9-11,14-18,33,36-38H,1-2,4,8,12-13,19-25H2,3,5-6H3/b18-14-,30-17+. The van der Waals surface area contributed by atoms with Crippen molar-refractivity contribution in [3.05, 3.63) is 120 Å². The number of rotatable bonds is 14. The number of aromatic amines is 1. The van der Waals surface area contributed by atoms with Crippen molar-refractivity contribution in [1.82, 2.24) is 20.5 Å². The minimum absolute atomic E-state index is 0.0169. The molecule has 4 rings (SSSR count). The molecule has 1 unspecified atom stereocenters. The quantitative estimate of drug-likeness (QED) is 0.184. The lowest BCUT2D eigenvalue weighted by Gasteiger charge is -2.31. The first-order valence-corrected chi connectivity index (χ1v) is 14.6. The Morgan fingerprint density at radius 3 is 2.59 bits per heavy atom. The summed E-state index contributed by atoms with van der Waals surface area (Å²) in [5.74, 6) is 0. The molecule has 4 heteroatoms. The maximum atomic E-state index is 4.58. The molecule has 0 aliphatic heterocycles. The van der Waals surface area contributed by atoms with Crippen LogP contribution in [0.2, 0.25) is 0 Å². The van der Waals surface area contributed by atoms with Crippen LogP contribution in [0.4, 0.5) is 0 Å². The summed E-state index contributed by atoms with van der Waals surface area (Å²) in [5.41, 5.74) is 10.7. The normalized spacial score (nSPS) is 16.9. The highest BCUT2D eigenvalue weighted by atomic mass is 15.2. The van der Waals surface area contributed by atoms with E-state index in [-0.39, 0.29) is 6.04 Å². The number of aromatic nitrogens is 1. The fourth-order valence-corrected chi connectivity index (χ4v) is 6.56. The second-order valence-corrected chi connectivity index (χ2v) is 11.4. The van der Waals surface area contributed by atoms with E-state index in [0.29, 0.717) is 5.41 Å². The van der Waals surface area contributed by atoms with Gasteiger partial charge in [0.15, 0.2) is 0 Å². The molecule has 1 spiro atoms. The molecule has 4 nitrogen and oxygen atoms in total. The lowest BCUT2D eigenvalue weighted by Crippen LogP contribution is -2.38. The Kier molecular flexibility index (Phi) is 9.74. The highest BCUT2D eigenvalue weighted by Gasteiger charge is 2.43. The third-order valence-corrected chi connectivity index (χ3v) is 8.75. The van der Waals surface area contributed by atoms with Crippen LogP contribution in [-0.4, -0.2) is 36.6 Å². The number of H-pyrrole nitrogens is 1. The van der Waals surface area contributed by atoms with Gasteiger partial charge < -0.3 is 20.5 Å². The van der Waals surface area contributed by atoms with Crippen LogP contribution in [0.25, 0.3) is 0 Å². The Bertz CT molecular complexity index is 1210. The van der Waals surface area contributed by atoms with Gasteiger partial charge in [-0.2, -0.15) is 0 Å². The molecule has 1 aromatic heterocycles. The van der Waals surface area contributed by atoms with Gasteiger partial charge in [0.25, 0.3) is 0 Å². The Labute approximate surface area is 236 Å². The van der Waals surface area contributed by atoms with E-state index in [1.165, 1.54) is 61.0 Å². The summed E-state index contributed by atoms with van der Waals surface area (Å²) in [6.07, 6.45) is 18.8. The van der Waals surface area contributed by atoms with E-state index in [9.17, 15) is 0 Å². The molecular weight excluding hydrogens is 476 g/mol. The van der Waals surface area contributed by atoms with Crippen LogP contribution in [0.15, 0.2) is 91.5 Å². The predicted octanol–water partition coefficient (Wildman–Crippen LogP) is 7.02. The summed E-state index contributed by atoms with van der Waals surface area (Å²) in [7, 11) is 4.06. The largest absolute Gasteiger partial charge is 0.380 e. The summed E-state index contributed by atoms with van der Waals surface area (Å²) in [4.78, 5) is 6.03. The molecule has 2 aliphatic rings. The Morgan fingerprint density at radius 1 is 1.15 bits per heavy atom. The number of hydrogen-bond acceptors (Lipinski definition) is 3. The van der Waals surface area contributed by atoms with Gasteiger partial charge in [-0.1, -0.05) is 74.6 Å². The van der Waals surface area contributed by atoms with Crippen molar-refractivity contribution >= 4 is 0 Å². The topological polar surface area (TPSA) is 43.1 Å². The van der Waals surface area contributed by atoms with Crippen molar-refractivity contribution in [2.75, 3.05) is 20.6 Å². The number of nitrogens with zero attached hydrogens (tertiary/aromatic N) is 1. The van der Waals surface area contributed by atoms with Crippen molar-refractivity contribution in [1.29, 1.82) is 0 Å². The molecule has 2 aliphatic carbocycles. The maximum absolute atomic E-state index is 4.58. The van der Waals surface area contributed by atoms with Crippen molar-refractivity contribution in [3.8, 4) is 0 Å². The van der Waals surface area contributed by atoms with Crippen molar-refractivity contribution in [2.24, 2.45) is 0 Å².